The van der Waals surface area contributed by atoms with Gasteiger partial charge in [-0.05, 0) is 25.5 Å². The van der Waals surface area contributed by atoms with E-state index in [1.165, 1.54) is 19.2 Å². The average molecular weight is 293 g/mol. The highest BCUT2D eigenvalue weighted by molar-refractivity contribution is 7.91. The lowest BCUT2D eigenvalue weighted by atomic mass is 10.3. The summed E-state index contributed by atoms with van der Waals surface area (Å²) in [5, 5.41) is 17.9. The van der Waals surface area contributed by atoms with Crippen molar-refractivity contribution in [3.8, 4) is 0 Å². The first-order valence-corrected chi connectivity index (χ1v) is 7.48. The minimum absolute atomic E-state index is 0.00649. The third kappa shape index (κ3) is 3.52. The predicted molar refractivity (Wildman–Crippen MR) is 67.4 cm³/mol. The number of aromatic carboxylic acids is 1. The first-order chi connectivity index (χ1) is 8.25. The Morgan fingerprint density at radius 3 is 2.56 bits per heavy atom. The molecule has 0 aliphatic carbocycles. The van der Waals surface area contributed by atoms with Crippen LogP contribution in [-0.2, 0) is 10.0 Å². The highest BCUT2D eigenvalue weighted by atomic mass is 32.2. The number of aliphatic hydroxyl groups is 1. The third-order valence-corrected chi connectivity index (χ3v) is 5.72. The van der Waals surface area contributed by atoms with Gasteiger partial charge in [-0.15, -0.1) is 11.3 Å². The van der Waals surface area contributed by atoms with E-state index in [2.05, 4.69) is 0 Å². The van der Waals surface area contributed by atoms with Crippen LogP contribution in [0.1, 0.15) is 23.0 Å². The fraction of sp³-hybridized carbons (Fsp3) is 0.500. The molecule has 0 fully saturated rings. The Kier molecular flexibility index (Phi) is 4.85. The Hall–Kier alpha value is -0.960. The van der Waals surface area contributed by atoms with Crippen LogP contribution in [0, 0.1) is 0 Å². The number of hydrogen-bond donors (Lipinski definition) is 2. The molecule has 1 aromatic rings. The molecule has 0 saturated heterocycles. The van der Waals surface area contributed by atoms with Gasteiger partial charge in [0, 0.05) is 13.6 Å². The number of rotatable bonds is 6. The number of carboxylic acids is 1. The summed E-state index contributed by atoms with van der Waals surface area (Å²) in [5.41, 5.74) is 0. The number of aliphatic hydroxyl groups excluding tert-OH is 1. The zero-order valence-electron chi connectivity index (χ0n) is 10.0. The van der Waals surface area contributed by atoms with Crippen molar-refractivity contribution >= 4 is 27.3 Å². The standard InChI is InChI=1S/C10H15NO5S2/c1-7(12)5-6-11(2)18(15,16)9-4-3-8(17-9)10(13)14/h3-4,7,12H,5-6H2,1-2H3,(H,13,14). The lowest BCUT2D eigenvalue weighted by Gasteiger charge is -2.16. The first kappa shape index (κ1) is 15.1. The smallest absolute Gasteiger partial charge is 0.345 e. The molecule has 1 atom stereocenters. The van der Waals surface area contributed by atoms with Crippen molar-refractivity contribution < 1.29 is 23.4 Å². The van der Waals surface area contributed by atoms with E-state index in [9.17, 15) is 13.2 Å². The van der Waals surface area contributed by atoms with Gasteiger partial charge in [0.2, 0.25) is 0 Å². The monoisotopic (exact) mass is 293 g/mol. The van der Waals surface area contributed by atoms with E-state index in [4.69, 9.17) is 10.2 Å². The van der Waals surface area contributed by atoms with Gasteiger partial charge in [0.05, 0.1) is 6.10 Å². The van der Waals surface area contributed by atoms with Crippen LogP contribution < -0.4 is 0 Å². The van der Waals surface area contributed by atoms with Crippen LogP contribution in [0.2, 0.25) is 0 Å². The Labute approximate surface area is 110 Å². The zero-order valence-corrected chi connectivity index (χ0v) is 11.7. The van der Waals surface area contributed by atoms with E-state index in [-0.39, 0.29) is 15.6 Å². The fourth-order valence-electron chi connectivity index (χ4n) is 1.22. The summed E-state index contributed by atoms with van der Waals surface area (Å²) in [5.74, 6) is -1.15. The molecule has 0 spiro atoms. The SMILES string of the molecule is CC(O)CCN(C)S(=O)(=O)c1ccc(C(=O)O)s1. The zero-order chi connectivity index (χ0) is 13.9. The number of hydrogen-bond acceptors (Lipinski definition) is 5. The average Bonchev–Trinajstić information content (AvgIpc) is 2.75. The maximum Gasteiger partial charge on any atom is 0.345 e. The largest absolute Gasteiger partial charge is 0.477 e. The van der Waals surface area contributed by atoms with Crippen molar-refractivity contribution in [2.45, 2.75) is 23.7 Å². The summed E-state index contributed by atoms with van der Waals surface area (Å²) in [4.78, 5) is 10.7. The number of nitrogens with zero attached hydrogens (tertiary/aromatic N) is 1. The highest BCUT2D eigenvalue weighted by Gasteiger charge is 2.24. The van der Waals surface area contributed by atoms with Gasteiger partial charge in [0.1, 0.15) is 9.09 Å². The molecule has 1 unspecified atom stereocenters. The molecular formula is C10H15NO5S2. The summed E-state index contributed by atoms with van der Waals surface area (Å²) in [7, 11) is -2.27. The molecule has 18 heavy (non-hydrogen) atoms. The van der Waals surface area contributed by atoms with Crippen molar-refractivity contribution in [1.82, 2.24) is 4.31 Å². The Morgan fingerprint density at radius 1 is 1.50 bits per heavy atom. The molecule has 1 heterocycles. The second-order valence-corrected chi connectivity index (χ2v) is 7.24. The van der Waals surface area contributed by atoms with Gasteiger partial charge in [0.15, 0.2) is 0 Å². The minimum Gasteiger partial charge on any atom is -0.477 e. The van der Waals surface area contributed by atoms with Crippen molar-refractivity contribution in [2.24, 2.45) is 0 Å². The molecule has 0 bridgehead atoms. The second-order valence-electron chi connectivity index (χ2n) is 3.89. The van der Waals surface area contributed by atoms with E-state index in [0.29, 0.717) is 6.42 Å². The summed E-state index contributed by atoms with van der Waals surface area (Å²) >= 11 is 0.719. The lowest BCUT2D eigenvalue weighted by Crippen LogP contribution is -2.29. The first-order valence-electron chi connectivity index (χ1n) is 5.22. The fourth-order valence-corrected chi connectivity index (χ4v) is 3.76. The van der Waals surface area contributed by atoms with E-state index >= 15 is 0 Å². The van der Waals surface area contributed by atoms with Crippen molar-refractivity contribution in [3.05, 3.63) is 17.0 Å². The molecule has 0 radical (unpaired) electrons. The number of thiophene rings is 1. The molecule has 0 aliphatic rings. The Morgan fingerprint density at radius 2 is 2.11 bits per heavy atom. The molecule has 8 heteroatoms. The van der Waals surface area contributed by atoms with Crippen LogP contribution in [0.4, 0.5) is 0 Å². The second kappa shape index (κ2) is 5.79. The molecule has 2 N–H and O–H groups in total. The molecule has 0 aromatic carbocycles. The van der Waals surface area contributed by atoms with Crippen molar-refractivity contribution in [3.63, 3.8) is 0 Å². The maximum absolute atomic E-state index is 12.0. The van der Waals surface area contributed by atoms with Crippen LogP contribution in [0.5, 0.6) is 0 Å². The molecule has 0 saturated carbocycles. The molecule has 102 valence electrons. The van der Waals surface area contributed by atoms with Gasteiger partial charge in [-0.1, -0.05) is 0 Å². The van der Waals surface area contributed by atoms with Crippen LogP contribution in [0.3, 0.4) is 0 Å². The van der Waals surface area contributed by atoms with E-state index < -0.39 is 22.1 Å². The molecule has 0 aliphatic heterocycles. The minimum atomic E-state index is -3.67. The summed E-state index contributed by atoms with van der Waals surface area (Å²) in [6, 6.07) is 2.55. The summed E-state index contributed by atoms with van der Waals surface area (Å²) < 4.78 is 25.2. The molecule has 1 rings (SSSR count). The Balaban J connectivity index is 2.87. The molecule has 6 nitrogen and oxygen atoms in total. The van der Waals surface area contributed by atoms with E-state index in [1.807, 2.05) is 0 Å². The van der Waals surface area contributed by atoms with Gasteiger partial charge >= 0.3 is 5.97 Å². The lowest BCUT2D eigenvalue weighted by molar-refractivity contribution is 0.0702. The molecule has 0 amide bonds. The topological polar surface area (TPSA) is 94.9 Å². The quantitative estimate of drug-likeness (QED) is 0.810. The number of carbonyl (C=O) groups is 1. The normalized spacial score (nSPS) is 13.8. The van der Waals surface area contributed by atoms with Gasteiger partial charge in [0.25, 0.3) is 10.0 Å². The van der Waals surface area contributed by atoms with Gasteiger partial charge in [-0.3, -0.25) is 0 Å². The highest BCUT2D eigenvalue weighted by Crippen LogP contribution is 2.24. The predicted octanol–water partition coefficient (Wildman–Crippen LogP) is 0.838. The van der Waals surface area contributed by atoms with Crippen LogP contribution in [-0.4, -0.2) is 48.6 Å². The van der Waals surface area contributed by atoms with E-state index in [1.54, 1.807) is 6.92 Å². The molecular weight excluding hydrogens is 278 g/mol. The molecule has 1 aromatic heterocycles. The third-order valence-electron chi connectivity index (χ3n) is 2.32. The van der Waals surface area contributed by atoms with Crippen LogP contribution in [0.25, 0.3) is 0 Å². The van der Waals surface area contributed by atoms with E-state index in [0.717, 1.165) is 15.6 Å². The van der Waals surface area contributed by atoms with Gasteiger partial charge in [-0.2, -0.15) is 0 Å². The van der Waals surface area contributed by atoms with Crippen LogP contribution >= 0.6 is 11.3 Å². The summed E-state index contributed by atoms with van der Waals surface area (Å²) in [6.45, 7) is 1.76. The number of sulfonamides is 1. The van der Waals surface area contributed by atoms with Gasteiger partial charge in [-0.25, -0.2) is 17.5 Å². The number of carboxylic acid groups (broad SMARTS) is 1. The van der Waals surface area contributed by atoms with Gasteiger partial charge < -0.3 is 10.2 Å². The summed E-state index contributed by atoms with van der Waals surface area (Å²) in [6.07, 6.45) is -0.257. The van der Waals surface area contributed by atoms with Crippen molar-refractivity contribution in [2.75, 3.05) is 13.6 Å². The Bertz CT molecular complexity index is 520. The maximum atomic E-state index is 12.0. The van der Waals surface area contributed by atoms with Crippen molar-refractivity contribution in [1.29, 1.82) is 0 Å². The van der Waals surface area contributed by atoms with Crippen LogP contribution in [0.15, 0.2) is 16.3 Å².